The SMILES string of the molecule is CCC(=O)N1[C@H](CO)[C@@H]2c3ccccc3N(S(=O)(=O)c3ccc(F)cc3)C[C@@H]21. The predicted octanol–water partition coefficient (Wildman–Crippen LogP) is 2.10. The van der Waals surface area contributed by atoms with E-state index >= 15 is 0 Å². The molecule has 0 bridgehead atoms. The molecule has 2 aliphatic rings. The van der Waals surface area contributed by atoms with E-state index in [-0.39, 0.29) is 48.4 Å². The van der Waals surface area contributed by atoms with E-state index in [1.54, 1.807) is 24.0 Å². The van der Waals surface area contributed by atoms with Crippen molar-refractivity contribution in [1.82, 2.24) is 4.90 Å². The molecule has 2 aromatic rings. The van der Waals surface area contributed by atoms with Gasteiger partial charge < -0.3 is 10.0 Å². The molecule has 1 amide bonds. The van der Waals surface area contributed by atoms with Crippen LogP contribution in [0.1, 0.15) is 24.8 Å². The van der Waals surface area contributed by atoms with E-state index in [9.17, 15) is 22.7 Å². The molecule has 3 atom stereocenters. The van der Waals surface area contributed by atoms with Crippen molar-refractivity contribution in [1.29, 1.82) is 0 Å². The first-order valence-corrected chi connectivity index (χ1v) is 10.6. The quantitative estimate of drug-likeness (QED) is 0.847. The molecule has 0 saturated carbocycles. The van der Waals surface area contributed by atoms with E-state index in [1.165, 1.54) is 16.4 Å². The van der Waals surface area contributed by atoms with Crippen LogP contribution in [-0.2, 0) is 14.8 Å². The number of aliphatic hydroxyl groups excluding tert-OH is 1. The van der Waals surface area contributed by atoms with Gasteiger partial charge in [0.2, 0.25) is 5.91 Å². The van der Waals surface area contributed by atoms with E-state index in [4.69, 9.17) is 0 Å². The van der Waals surface area contributed by atoms with Crippen molar-refractivity contribution in [2.45, 2.75) is 36.2 Å². The number of halogens is 1. The van der Waals surface area contributed by atoms with Gasteiger partial charge in [0.1, 0.15) is 5.82 Å². The number of carbonyl (C=O) groups excluding carboxylic acids is 1. The lowest BCUT2D eigenvalue weighted by Crippen LogP contribution is -2.70. The average molecular weight is 404 g/mol. The van der Waals surface area contributed by atoms with E-state index in [0.717, 1.165) is 17.7 Å². The Balaban J connectivity index is 1.80. The van der Waals surface area contributed by atoms with E-state index in [1.807, 2.05) is 12.1 Å². The molecule has 28 heavy (non-hydrogen) atoms. The summed E-state index contributed by atoms with van der Waals surface area (Å²) in [5.74, 6) is -0.738. The number of rotatable bonds is 4. The Morgan fingerprint density at radius 1 is 1.18 bits per heavy atom. The molecule has 2 aromatic carbocycles. The zero-order chi connectivity index (χ0) is 20.1. The van der Waals surface area contributed by atoms with Crippen molar-refractivity contribution < 1.29 is 22.7 Å². The lowest BCUT2D eigenvalue weighted by Gasteiger charge is -2.58. The normalized spacial score (nSPS) is 23.6. The van der Waals surface area contributed by atoms with Crippen molar-refractivity contribution >= 4 is 21.6 Å². The number of sulfonamides is 1. The summed E-state index contributed by atoms with van der Waals surface area (Å²) in [6, 6.07) is 11.2. The fourth-order valence-electron chi connectivity index (χ4n) is 4.34. The zero-order valence-electron chi connectivity index (χ0n) is 15.3. The van der Waals surface area contributed by atoms with Crippen molar-refractivity contribution in [3.63, 3.8) is 0 Å². The molecule has 4 rings (SSSR count). The number of anilines is 1. The number of likely N-dealkylation sites (tertiary alicyclic amines) is 1. The van der Waals surface area contributed by atoms with Gasteiger partial charge in [-0.15, -0.1) is 0 Å². The van der Waals surface area contributed by atoms with Gasteiger partial charge >= 0.3 is 0 Å². The topological polar surface area (TPSA) is 77.9 Å². The molecule has 6 nitrogen and oxygen atoms in total. The third-order valence-corrected chi connectivity index (χ3v) is 7.43. The summed E-state index contributed by atoms with van der Waals surface area (Å²) < 4.78 is 41.1. The molecule has 1 saturated heterocycles. The van der Waals surface area contributed by atoms with Gasteiger partial charge in [-0.25, -0.2) is 12.8 Å². The minimum absolute atomic E-state index is 0.00597. The Morgan fingerprint density at radius 2 is 1.86 bits per heavy atom. The summed E-state index contributed by atoms with van der Waals surface area (Å²) in [5.41, 5.74) is 1.33. The molecule has 8 heteroatoms. The van der Waals surface area contributed by atoms with Crippen LogP contribution in [0.2, 0.25) is 0 Å². The second-order valence-electron chi connectivity index (χ2n) is 7.05. The number of hydrogen-bond donors (Lipinski definition) is 1. The number of benzene rings is 2. The van der Waals surface area contributed by atoms with Crippen LogP contribution in [0.3, 0.4) is 0 Å². The fourth-order valence-corrected chi connectivity index (χ4v) is 5.85. The molecule has 0 spiro atoms. The summed E-state index contributed by atoms with van der Waals surface area (Å²) in [5, 5.41) is 9.83. The summed E-state index contributed by atoms with van der Waals surface area (Å²) >= 11 is 0. The lowest BCUT2D eigenvalue weighted by molar-refractivity contribution is -0.149. The van der Waals surface area contributed by atoms with Crippen LogP contribution in [0, 0.1) is 5.82 Å². The van der Waals surface area contributed by atoms with Gasteiger partial charge in [-0.1, -0.05) is 25.1 Å². The van der Waals surface area contributed by atoms with E-state index in [0.29, 0.717) is 5.69 Å². The third kappa shape index (κ3) is 2.70. The third-order valence-electron chi connectivity index (χ3n) is 5.64. The number of carbonyl (C=O) groups is 1. The Hall–Kier alpha value is -2.45. The van der Waals surface area contributed by atoms with Gasteiger partial charge in [0.25, 0.3) is 10.0 Å². The van der Waals surface area contributed by atoms with Crippen LogP contribution in [0.25, 0.3) is 0 Å². The highest BCUT2D eigenvalue weighted by molar-refractivity contribution is 7.92. The monoisotopic (exact) mass is 404 g/mol. The van der Waals surface area contributed by atoms with Crippen LogP contribution in [-0.4, -0.2) is 49.6 Å². The molecule has 1 fully saturated rings. The molecule has 1 N–H and O–H groups in total. The van der Waals surface area contributed by atoms with Crippen molar-refractivity contribution in [2.24, 2.45) is 0 Å². The van der Waals surface area contributed by atoms with Gasteiger partial charge in [0, 0.05) is 12.3 Å². The summed E-state index contributed by atoms with van der Waals surface area (Å²) in [6.45, 7) is 1.67. The van der Waals surface area contributed by atoms with Gasteiger partial charge in [0.05, 0.1) is 35.8 Å². The zero-order valence-corrected chi connectivity index (χ0v) is 16.1. The first kappa shape index (κ1) is 18.9. The number of para-hydroxylation sites is 1. The number of aliphatic hydroxyl groups is 1. The maximum absolute atomic E-state index is 13.3. The minimum atomic E-state index is -3.93. The standard InChI is InChI=1S/C20H21FN2O4S/c1-2-19(25)23-17-11-22(28(26,27)14-9-7-13(21)8-10-14)16-6-4-3-5-15(16)20(17)18(23)12-24/h3-10,17-18,20,24H,2,11-12H2,1H3/t17-,18+,20+/m0/s1. The van der Waals surface area contributed by atoms with Crippen molar-refractivity contribution in [3.8, 4) is 0 Å². The highest BCUT2D eigenvalue weighted by Crippen LogP contribution is 2.49. The second-order valence-corrected chi connectivity index (χ2v) is 8.91. The predicted molar refractivity (Wildman–Crippen MR) is 102 cm³/mol. The Labute approximate surface area is 163 Å². The van der Waals surface area contributed by atoms with Crippen molar-refractivity contribution in [2.75, 3.05) is 17.5 Å². The number of amides is 1. The number of nitrogens with zero attached hydrogens (tertiary/aromatic N) is 2. The van der Waals surface area contributed by atoms with Crippen LogP contribution in [0.4, 0.5) is 10.1 Å². The molecule has 0 radical (unpaired) electrons. The van der Waals surface area contributed by atoms with Gasteiger partial charge in [-0.3, -0.25) is 9.10 Å². The van der Waals surface area contributed by atoms with Gasteiger partial charge in [0.15, 0.2) is 0 Å². The summed E-state index contributed by atoms with van der Waals surface area (Å²) in [7, 11) is -3.93. The highest BCUT2D eigenvalue weighted by atomic mass is 32.2. The number of hydrogen-bond acceptors (Lipinski definition) is 4. The molecule has 2 heterocycles. The molecular weight excluding hydrogens is 383 g/mol. The minimum Gasteiger partial charge on any atom is -0.394 e. The summed E-state index contributed by atoms with van der Waals surface area (Å²) in [6.07, 6.45) is 0.284. The molecule has 0 unspecified atom stereocenters. The second kappa shape index (κ2) is 6.86. The van der Waals surface area contributed by atoms with Crippen LogP contribution in [0.5, 0.6) is 0 Å². The van der Waals surface area contributed by atoms with Gasteiger partial charge in [-0.2, -0.15) is 0 Å². The fraction of sp³-hybridized carbons (Fsp3) is 0.350. The molecular formula is C20H21FN2O4S. The van der Waals surface area contributed by atoms with Crippen LogP contribution < -0.4 is 4.31 Å². The van der Waals surface area contributed by atoms with Crippen LogP contribution >= 0.6 is 0 Å². The Morgan fingerprint density at radius 3 is 2.50 bits per heavy atom. The van der Waals surface area contributed by atoms with E-state index < -0.39 is 15.8 Å². The first-order valence-electron chi connectivity index (χ1n) is 9.19. The van der Waals surface area contributed by atoms with Gasteiger partial charge in [-0.05, 0) is 35.9 Å². The molecule has 148 valence electrons. The largest absolute Gasteiger partial charge is 0.394 e. The summed E-state index contributed by atoms with van der Waals surface area (Å²) in [4.78, 5) is 14.0. The highest BCUT2D eigenvalue weighted by Gasteiger charge is 2.55. The maximum Gasteiger partial charge on any atom is 0.264 e. The molecule has 0 aliphatic carbocycles. The van der Waals surface area contributed by atoms with Crippen LogP contribution in [0.15, 0.2) is 53.4 Å². The first-order chi connectivity index (χ1) is 13.4. The average Bonchev–Trinajstić information content (AvgIpc) is 2.68. The maximum atomic E-state index is 13.3. The molecule has 2 aliphatic heterocycles. The smallest absolute Gasteiger partial charge is 0.264 e. The van der Waals surface area contributed by atoms with E-state index in [2.05, 4.69) is 0 Å². The number of fused-ring (bicyclic) bond motifs is 3. The molecule has 0 aromatic heterocycles. The Bertz CT molecular complexity index is 1010. The Kier molecular flexibility index (Phi) is 4.63. The lowest BCUT2D eigenvalue weighted by atomic mass is 9.72. The van der Waals surface area contributed by atoms with Crippen molar-refractivity contribution in [3.05, 3.63) is 59.9 Å².